The average Bonchev–Trinajstić information content (AvgIpc) is 3.25. The molecule has 0 atom stereocenters. The fourth-order valence-corrected chi connectivity index (χ4v) is 5.87. The highest BCUT2D eigenvalue weighted by atomic mass is 35.5. The third-order valence-electron chi connectivity index (χ3n) is 5.89. The Bertz CT molecular complexity index is 1330. The quantitative estimate of drug-likeness (QED) is 0.528. The number of halogens is 3. The van der Waals surface area contributed by atoms with E-state index in [1.807, 2.05) is 0 Å². The number of hydrogen-bond donors (Lipinski definition) is 1. The van der Waals surface area contributed by atoms with Crippen molar-refractivity contribution in [3.8, 4) is 0 Å². The van der Waals surface area contributed by atoms with Crippen LogP contribution < -0.4 is 5.32 Å². The number of nitrogens with zero attached hydrogens (tertiary/aromatic N) is 5. The van der Waals surface area contributed by atoms with E-state index in [1.165, 1.54) is 45.6 Å². The lowest BCUT2D eigenvalue weighted by atomic mass is 9.75. The minimum atomic E-state index is -3.86. The van der Waals surface area contributed by atoms with E-state index in [0.29, 0.717) is 5.02 Å². The van der Waals surface area contributed by atoms with Gasteiger partial charge in [-0.3, -0.25) is 14.5 Å². The molecule has 0 bridgehead atoms. The van der Waals surface area contributed by atoms with Crippen LogP contribution in [0.3, 0.4) is 0 Å². The fourth-order valence-electron chi connectivity index (χ4n) is 4.02. The number of carbonyl (C=O) groups excluding carboxylic acids is 1. The first-order valence-electron chi connectivity index (χ1n) is 10.3. The van der Waals surface area contributed by atoms with Crippen molar-refractivity contribution in [1.82, 2.24) is 29.6 Å². The minimum Gasteiger partial charge on any atom is -0.351 e. The van der Waals surface area contributed by atoms with E-state index in [9.17, 15) is 17.6 Å². The lowest BCUT2D eigenvalue weighted by Gasteiger charge is -2.40. The van der Waals surface area contributed by atoms with Crippen molar-refractivity contribution in [2.24, 2.45) is 7.05 Å². The van der Waals surface area contributed by atoms with E-state index in [2.05, 4.69) is 20.6 Å². The van der Waals surface area contributed by atoms with Gasteiger partial charge in [-0.1, -0.05) is 28.4 Å². The van der Waals surface area contributed by atoms with Gasteiger partial charge in [-0.25, -0.2) is 12.8 Å². The molecule has 0 radical (unpaired) electrons. The number of benzene rings is 1. The normalized spacial score (nSPS) is 16.4. The number of nitrogens with one attached hydrogen (secondary N) is 1. The molecule has 3 heterocycles. The van der Waals surface area contributed by atoms with E-state index < -0.39 is 27.2 Å². The number of rotatable bonds is 6. The maximum Gasteiger partial charge on any atom is 0.264 e. The van der Waals surface area contributed by atoms with Gasteiger partial charge in [-0.15, -0.1) is 5.10 Å². The second kappa shape index (κ2) is 9.57. The molecule has 0 spiro atoms. The first kappa shape index (κ1) is 24.5. The van der Waals surface area contributed by atoms with Gasteiger partial charge in [0, 0.05) is 43.3 Å². The van der Waals surface area contributed by atoms with Crippen LogP contribution >= 0.6 is 23.2 Å². The van der Waals surface area contributed by atoms with Crippen LogP contribution in [0.15, 0.2) is 47.8 Å². The molecule has 1 amide bonds. The molecule has 1 aliphatic rings. The van der Waals surface area contributed by atoms with Gasteiger partial charge in [-0.05, 0) is 43.2 Å². The molecule has 1 saturated heterocycles. The minimum absolute atomic E-state index is 0.0394. The summed E-state index contributed by atoms with van der Waals surface area (Å²) in [4.78, 5) is 17.1. The number of hydrogen-bond acceptors (Lipinski definition) is 6. The summed E-state index contributed by atoms with van der Waals surface area (Å²) in [7, 11) is -2.28. The number of amides is 1. The van der Waals surface area contributed by atoms with Crippen LogP contribution in [0, 0.1) is 5.82 Å². The SMILES string of the molecule is Cn1cc(S(=O)(=O)N2CCC(CNC(=O)c3ccc(Cl)cc3Cl)(c3ncccc3F)CC2)nn1. The van der Waals surface area contributed by atoms with Gasteiger partial charge in [0.25, 0.3) is 15.9 Å². The predicted octanol–water partition coefficient (Wildman–Crippen LogP) is 2.81. The number of carbonyl (C=O) groups is 1. The molecular formula is C21H21Cl2FN6O3S. The molecule has 9 nitrogen and oxygen atoms in total. The van der Waals surface area contributed by atoms with Crippen LogP contribution in [-0.4, -0.2) is 58.2 Å². The third-order valence-corrected chi connectivity index (χ3v) is 8.20. The van der Waals surface area contributed by atoms with Crippen molar-refractivity contribution in [2.45, 2.75) is 23.3 Å². The molecule has 1 N–H and O–H groups in total. The second-order valence-corrected chi connectivity index (χ2v) is 10.8. The highest BCUT2D eigenvalue weighted by Gasteiger charge is 2.43. The number of pyridine rings is 1. The standard InChI is InChI=1S/C21H21Cl2FN6O3S/c1-29-12-18(27-28-29)34(32,33)30-9-6-21(7-10-30,19-17(24)3-2-8-25-19)13-26-20(31)15-5-4-14(22)11-16(15)23/h2-5,8,11-12H,6-7,9-10,13H2,1H3,(H,26,31). The zero-order chi connectivity index (χ0) is 24.5. The Kier molecular flexibility index (Phi) is 6.90. The Morgan fingerprint density at radius 3 is 2.59 bits per heavy atom. The first-order valence-corrected chi connectivity index (χ1v) is 12.5. The topological polar surface area (TPSA) is 110 Å². The molecule has 1 fully saturated rings. The molecule has 34 heavy (non-hydrogen) atoms. The van der Waals surface area contributed by atoms with Crippen LogP contribution in [0.2, 0.25) is 10.0 Å². The van der Waals surface area contributed by atoms with E-state index in [0.717, 1.165) is 0 Å². The van der Waals surface area contributed by atoms with Gasteiger partial charge in [0.15, 0.2) is 0 Å². The summed E-state index contributed by atoms with van der Waals surface area (Å²) in [6.45, 7) is 0.219. The number of sulfonamides is 1. The monoisotopic (exact) mass is 526 g/mol. The summed E-state index contributed by atoms with van der Waals surface area (Å²) >= 11 is 12.1. The maximum absolute atomic E-state index is 14.8. The third kappa shape index (κ3) is 4.78. The van der Waals surface area contributed by atoms with Gasteiger partial charge in [0.1, 0.15) is 5.82 Å². The summed E-state index contributed by atoms with van der Waals surface area (Å²) in [5, 5.41) is 10.6. The number of aromatic nitrogens is 4. The van der Waals surface area contributed by atoms with Crippen molar-refractivity contribution >= 4 is 39.1 Å². The Hall–Kier alpha value is -2.60. The van der Waals surface area contributed by atoms with Gasteiger partial charge >= 0.3 is 0 Å². The van der Waals surface area contributed by atoms with Crippen molar-refractivity contribution in [2.75, 3.05) is 19.6 Å². The summed E-state index contributed by atoms with van der Waals surface area (Å²) < 4.78 is 43.3. The smallest absolute Gasteiger partial charge is 0.264 e. The van der Waals surface area contributed by atoms with Gasteiger partial charge in [0.05, 0.1) is 22.5 Å². The maximum atomic E-state index is 14.8. The van der Waals surface area contributed by atoms with Crippen molar-refractivity contribution in [3.63, 3.8) is 0 Å². The number of aryl methyl sites for hydroxylation is 1. The zero-order valence-electron chi connectivity index (χ0n) is 18.1. The van der Waals surface area contributed by atoms with E-state index in [4.69, 9.17) is 23.2 Å². The van der Waals surface area contributed by atoms with Crippen LogP contribution in [-0.2, 0) is 22.5 Å². The number of piperidine rings is 1. The molecule has 0 unspecified atom stereocenters. The second-order valence-electron chi connectivity index (χ2n) is 8.06. The van der Waals surface area contributed by atoms with Gasteiger partial charge in [-0.2, -0.15) is 4.31 Å². The average molecular weight is 527 g/mol. The molecule has 13 heteroatoms. The Morgan fingerprint density at radius 2 is 1.97 bits per heavy atom. The summed E-state index contributed by atoms with van der Waals surface area (Å²) in [6.07, 6.45) is 3.26. The molecule has 2 aromatic heterocycles. The largest absolute Gasteiger partial charge is 0.351 e. The van der Waals surface area contributed by atoms with E-state index in [-0.39, 0.29) is 53.8 Å². The highest BCUT2D eigenvalue weighted by molar-refractivity contribution is 7.89. The Morgan fingerprint density at radius 1 is 1.24 bits per heavy atom. The Balaban J connectivity index is 1.57. The van der Waals surface area contributed by atoms with Crippen molar-refractivity contribution in [3.05, 3.63) is 69.8 Å². The molecule has 4 rings (SSSR count). The van der Waals surface area contributed by atoms with Crippen molar-refractivity contribution < 1.29 is 17.6 Å². The molecule has 0 aliphatic carbocycles. The van der Waals surface area contributed by atoms with Crippen LogP contribution in [0.5, 0.6) is 0 Å². The lowest BCUT2D eigenvalue weighted by Crippen LogP contribution is -2.51. The molecule has 1 aliphatic heterocycles. The van der Waals surface area contributed by atoms with Crippen molar-refractivity contribution in [1.29, 1.82) is 0 Å². The lowest BCUT2D eigenvalue weighted by molar-refractivity contribution is 0.0931. The summed E-state index contributed by atoms with van der Waals surface area (Å²) in [6, 6.07) is 7.29. The Labute approximate surface area is 205 Å². The molecule has 0 saturated carbocycles. The molecule has 1 aromatic carbocycles. The van der Waals surface area contributed by atoms with Gasteiger partial charge < -0.3 is 5.32 Å². The molecule has 180 valence electrons. The van der Waals surface area contributed by atoms with Crippen LogP contribution in [0.1, 0.15) is 28.9 Å². The zero-order valence-corrected chi connectivity index (χ0v) is 20.4. The highest BCUT2D eigenvalue weighted by Crippen LogP contribution is 2.37. The summed E-state index contributed by atoms with van der Waals surface area (Å²) in [5.41, 5.74) is -0.520. The van der Waals surface area contributed by atoms with Gasteiger partial charge in [0.2, 0.25) is 5.03 Å². The predicted molar refractivity (Wildman–Crippen MR) is 124 cm³/mol. The first-order chi connectivity index (χ1) is 16.1. The van der Waals surface area contributed by atoms with E-state index in [1.54, 1.807) is 13.1 Å². The van der Waals surface area contributed by atoms with Crippen LogP contribution in [0.4, 0.5) is 4.39 Å². The van der Waals surface area contributed by atoms with Crippen LogP contribution in [0.25, 0.3) is 0 Å². The molecular weight excluding hydrogens is 506 g/mol. The summed E-state index contributed by atoms with van der Waals surface area (Å²) in [5.74, 6) is -0.974. The van der Waals surface area contributed by atoms with E-state index >= 15 is 0 Å². The fraction of sp³-hybridized carbons (Fsp3) is 0.333. The molecule has 3 aromatic rings.